The highest BCUT2D eigenvalue weighted by Crippen LogP contribution is 2.20. The Kier molecular flexibility index (Phi) is 3.92. The fourth-order valence-corrected chi connectivity index (χ4v) is 2.62. The van der Waals surface area contributed by atoms with Gasteiger partial charge in [0.15, 0.2) is 6.39 Å². The van der Waals surface area contributed by atoms with Crippen molar-refractivity contribution in [2.24, 2.45) is 0 Å². The van der Waals surface area contributed by atoms with E-state index < -0.39 is 0 Å². The lowest BCUT2D eigenvalue weighted by atomic mass is 10.1. The molecule has 0 bridgehead atoms. The lowest BCUT2D eigenvalue weighted by Crippen LogP contribution is -2.00. The van der Waals surface area contributed by atoms with E-state index in [1.54, 1.807) is 12.1 Å². The number of aromatic nitrogens is 3. The van der Waals surface area contributed by atoms with E-state index in [4.69, 9.17) is 4.42 Å². The van der Waals surface area contributed by atoms with Crippen molar-refractivity contribution < 1.29 is 8.81 Å². The van der Waals surface area contributed by atoms with Gasteiger partial charge in [0.1, 0.15) is 22.3 Å². The number of hydrogen-bond acceptors (Lipinski definition) is 6. The molecule has 0 fully saturated rings. The van der Waals surface area contributed by atoms with Gasteiger partial charge in [0.25, 0.3) is 0 Å². The number of hydrogen-bond donors (Lipinski definition) is 1. The van der Waals surface area contributed by atoms with Crippen LogP contribution in [0.25, 0.3) is 0 Å². The zero-order valence-corrected chi connectivity index (χ0v) is 12.2. The number of benzene rings is 1. The van der Waals surface area contributed by atoms with Crippen LogP contribution in [0, 0.1) is 12.7 Å². The third-order valence-electron chi connectivity index (χ3n) is 3.02. The van der Waals surface area contributed by atoms with Crippen molar-refractivity contribution in [1.29, 1.82) is 0 Å². The number of nitrogens with one attached hydrogen (secondary N) is 1. The molecule has 3 rings (SSSR count). The Labute approximate surface area is 124 Å². The molecule has 2 heterocycles. The van der Waals surface area contributed by atoms with Gasteiger partial charge in [0, 0.05) is 6.42 Å². The zero-order chi connectivity index (χ0) is 14.7. The van der Waals surface area contributed by atoms with E-state index in [0.717, 1.165) is 16.5 Å². The summed E-state index contributed by atoms with van der Waals surface area (Å²) in [6.07, 6.45) is 1.85. The first kappa shape index (κ1) is 13.7. The van der Waals surface area contributed by atoms with Crippen molar-refractivity contribution >= 4 is 16.5 Å². The van der Waals surface area contributed by atoms with Crippen molar-refractivity contribution in [3.63, 3.8) is 0 Å². The molecular formula is C14H13FN4OS. The molecule has 0 amide bonds. The van der Waals surface area contributed by atoms with Gasteiger partial charge in [0.05, 0.1) is 6.54 Å². The van der Waals surface area contributed by atoms with Crippen LogP contribution in [0.2, 0.25) is 0 Å². The molecule has 21 heavy (non-hydrogen) atoms. The van der Waals surface area contributed by atoms with E-state index >= 15 is 0 Å². The zero-order valence-electron chi connectivity index (χ0n) is 11.3. The highest BCUT2D eigenvalue weighted by atomic mass is 32.1. The Bertz CT molecular complexity index is 740. The summed E-state index contributed by atoms with van der Waals surface area (Å²) in [5.74, 6) is 0.555. The first-order valence-corrected chi connectivity index (χ1v) is 7.22. The fourth-order valence-electron chi connectivity index (χ4n) is 1.86. The minimum absolute atomic E-state index is 0.222. The van der Waals surface area contributed by atoms with Crippen LogP contribution < -0.4 is 5.32 Å². The van der Waals surface area contributed by atoms with E-state index in [1.165, 1.54) is 23.8 Å². The Balaban J connectivity index is 1.64. The first-order valence-electron chi connectivity index (χ1n) is 6.41. The standard InChI is InChI=1S/C14H13FN4OS/c1-9-12(17-8-20-9)7-16-14-19-18-13(21-14)6-10-4-2-3-5-11(10)15/h2-5,8H,6-7H2,1H3,(H,16,19). The molecule has 0 unspecified atom stereocenters. The minimum Gasteiger partial charge on any atom is -0.448 e. The average molecular weight is 304 g/mol. The van der Waals surface area contributed by atoms with Crippen LogP contribution in [0.1, 0.15) is 22.0 Å². The molecule has 0 spiro atoms. The van der Waals surface area contributed by atoms with Crippen LogP contribution in [-0.2, 0) is 13.0 Å². The molecule has 2 aromatic heterocycles. The quantitative estimate of drug-likeness (QED) is 0.784. The van der Waals surface area contributed by atoms with Gasteiger partial charge in [-0.3, -0.25) is 0 Å². The van der Waals surface area contributed by atoms with Crippen molar-refractivity contribution in [2.45, 2.75) is 19.9 Å². The smallest absolute Gasteiger partial charge is 0.206 e. The molecule has 0 atom stereocenters. The normalized spacial score (nSPS) is 10.8. The summed E-state index contributed by atoms with van der Waals surface area (Å²) in [5, 5.41) is 12.7. The number of aryl methyl sites for hydroxylation is 1. The van der Waals surface area contributed by atoms with Gasteiger partial charge in [-0.1, -0.05) is 29.5 Å². The van der Waals surface area contributed by atoms with Gasteiger partial charge < -0.3 is 9.73 Å². The van der Waals surface area contributed by atoms with Gasteiger partial charge in [0.2, 0.25) is 5.13 Å². The van der Waals surface area contributed by atoms with Crippen molar-refractivity contribution in [3.8, 4) is 0 Å². The maximum absolute atomic E-state index is 13.6. The van der Waals surface area contributed by atoms with E-state index in [0.29, 0.717) is 23.7 Å². The summed E-state index contributed by atoms with van der Waals surface area (Å²) in [4.78, 5) is 4.09. The molecular weight excluding hydrogens is 291 g/mol. The molecule has 3 aromatic rings. The predicted molar refractivity (Wildman–Crippen MR) is 77.7 cm³/mol. The van der Waals surface area contributed by atoms with Crippen LogP contribution >= 0.6 is 11.3 Å². The maximum Gasteiger partial charge on any atom is 0.206 e. The van der Waals surface area contributed by atoms with Crippen molar-refractivity contribution in [1.82, 2.24) is 15.2 Å². The highest BCUT2D eigenvalue weighted by Gasteiger charge is 2.09. The Hall–Kier alpha value is -2.28. The van der Waals surface area contributed by atoms with Gasteiger partial charge in [-0.15, -0.1) is 10.2 Å². The van der Waals surface area contributed by atoms with Gasteiger partial charge >= 0.3 is 0 Å². The first-order chi connectivity index (χ1) is 10.2. The number of anilines is 1. The Morgan fingerprint density at radius 3 is 2.90 bits per heavy atom. The summed E-state index contributed by atoms with van der Waals surface area (Å²) in [6.45, 7) is 2.38. The highest BCUT2D eigenvalue weighted by molar-refractivity contribution is 7.15. The molecule has 0 aliphatic rings. The summed E-state index contributed by atoms with van der Waals surface area (Å²) in [6, 6.07) is 6.68. The van der Waals surface area contributed by atoms with Crippen LogP contribution in [0.3, 0.4) is 0 Å². The number of oxazole rings is 1. The molecule has 0 aliphatic heterocycles. The molecule has 1 N–H and O–H groups in total. The topological polar surface area (TPSA) is 63.8 Å². The number of halogens is 1. The Morgan fingerprint density at radius 1 is 1.29 bits per heavy atom. The Morgan fingerprint density at radius 2 is 2.14 bits per heavy atom. The molecule has 0 radical (unpaired) electrons. The maximum atomic E-state index is 13.6. The van der Waals surface area contributed by atoms with Gasteiger partial charge in [-0.2, -0.15) is 0 Å². The van der Waals surface area contributed by atoms with Crippen LogP contribution in [0.4, 0.5) is 9.52 Å². The fraction of sp³-hybridized carbons (Fsp3) is 0.214. The SMILES string of the molecule is Cc1ocnc1CNc1nnc(Cc2ccccc2F)s1. The van der Waals surface area contributed by atoms with Crippen molar-refractivity contribution in [2.75, 3.05) is 5.32 Å². The van der Waals surface area contributed by atoms with Gasteiger partial charge in [-0.05, 0) is 18.6 Å². The predicted octanol–water partition coefficient (Wildman–Crippen LogP) is 3.18. The summed E-state index contributed by atoms with van der Waals surface area (Å²) in [7, 11) is 0. The van der Waals surface area contributed by atoms with Gasteiger partial charge in [-0.25, -0.2) is 9.37 Å². The molecule has 0 saturated heterocycles. The molecule has 5 nitrogen and oxygen atoms in total. The van der Waals surface area contributed by atoms with Crippen LogP contribution in [0.15, 0.2) is 35.1 Å². The van der Waals surface area contributed by atoms with E-state index in [1.807, 2.05) is 13.0 Å². The summed E-state index contributed by atoms with van der Waals surface area (Å²) in [5.41, 5.74) is 1.45. The lowest BCUT2D eigenvalue weighted by molar-refractivity contribution is 0.524. The monoisotopic (exact) mass is 304 g/mol. The largest absolute Gasteiger partial charge is 0.448 e. The van der Waals surface area contributed by atoms with E-state index in [-0.39, 0.29) is 5.82 Å². The molecule has 108 valence electrons. The second kappa shape index (κ2) is 6.01. The molecule has 0 aliphatic carbocycles. The number of nitrogens with zero attached hydrogens (tertiary/aromatic N) is 3. The average Bonchev–Trinajstić information content (AvgIpc) is 3.08. The van der Waals surface area contributed by atoms with Crippen LogP contribution in [0.5, 0.6) is 0 Å². The second-order valence-corrected chi connectivity index (χ2v) is 5.54. The summed E-state index contributed by atoms with van der Waals surface area (Å²) >= 11 is 1.41. The number of rotatable bonds is 5. The van der Waals surface area contributed by atoms with Crippen LogP contribution in [-0.4, -0.2) is 15.2 Å². The second-order valence-electron chi connectivity index (χ2n) is 4.48. The lowest BCUT2D eigenvalue weighted by Gasteiger charge is -1.99. The minimum atomic E-state index is -0.222. The third kappa shape index (κ3) is 3.25. The van der Waals surface area contributed by atoms with E-state index in [2.05, 4.69) is 20.5 Å². The molecule has 1 aromatic carbocycles. The molecule has 0 saturated carbocycles. The molecule has 7 heteroatoms. The van der Waals surface area contributed by atoms with E-state index in [9.17, 15) is 4.39 Å². The summed E-state index contributed by atoms with van der Waals surface area (Å²) < 4.78 is 18.7. The van der Waals surface area contributed by atoms with Crippen molar-refractivity contribution in [3.05, 3.63) is 58.5 Å². The third-order valence-corrected chi connectivity index (χ3v) is 3.90.